The largest absolute Gasteiger partial charge is 0.338 e. The molecule has 0 aliphatic carbocycles. The highest BCUT2D eigenvalue weighted by Crippen LogP contribution is 2.15. The van der Waals surface area contributed by atoms with E-state index in [1.54, 1.807) is 15.8 Å². The summed E-state index contributed by atoms with van der Waals surface area (Å²) in [5, 5.41) is 4.56. The number of carbonyl (C=O) groups is 1. The zero-order chi connectivity index (χ0) is 11.4. The summed E-state index contributed by atoms with van der Waals surface area (Å²) in [6.45, 7) is 7.88. The highest BCUT2D eigenvalue weighted by atomic mass is 35.5. The molecule has 0 fully saturated rings. The van der Waals surface area contributed by atoms with E-state index in [4.69, 9.17) is 11.6 Å². The summed E-state index contributed by atoms with van der Waals surface area (Å²) in [6, 6.07) is 0. The molecule has 4 nitrogen and oxygen atoms in total. The van der Waals surface area contributed by atoms with Crippen LogP contribution in [0.3, 0.4) is 0 Å². The van der Waals surface area contributed by atoms with E-state index in [1.165, 1.54) is 0 Å². The van der Waals surface area contributed by atoms with Gasteiger partial charge >= 0.3 is 0 Å². The zero-order valence-corrected chi connectivity index (χ0v) is 10.1. The summed E-state index contributed by atoms with van der Waals surface area (Å²) in [6.07, 6.45) is 1.68. The molecule has 1 aromatic heterocycles. The second kappa shape index (κ2) is 5.16. The van der Waals surface area contributed by atoms with Gasteiger partial charge in [-0.1, -0.05) is 11.6 Å². The van der Waals surface area contributed by atoms with Gasteiger partial charge in [-0.15, -0.1) is 0 Å². The predicted molar refractivity (Wildman–Crippen MR) is 60.2 cm³/mol. The van der Waals surface area contributed by atoms with Crippen LogP contribution < -0.4 is 0 Å². The third kappa shape index (κ3) is 2.50. The first-order valence-corrected chi connectivity index (χ1v) is 5.54. The minimum absolute atomic E-state index is 0.0998. The molecule has 0 bridgehead atoms. The monoisotopic (exact) mass is 229 g/mol. The van der Waals surface area contributed by atoms with Crippen molar-refractivity contribution in [3.63, 3.8) is 0 Å². The predicted octanol–water partition coefficient (Wildman–Crippen LogP) is 2.04. The van der Waals surface area contributed by atoms with Crippen molar-refractivity contribution in [1.82, 2.24) is 14.7 Å². The molecule has 5 heteroatoms. The van der Waals surface area contributed by atoms with Crippen molar-refractivity contribution < 1.29 is 4.79 Å². The molecular weight excluding hydrogens is 214 g/mol. The van der Waals surface area contributed by atoms with Gasteiger partial charge in [0.1, 0.15) is 0 Å². The topological polar surface area (TPSA) is 38.1 Å². The fourth-order valence-electron chi connectivity index (χ4n) is 1.36. The molecule has 0 aliphatic rings. The fraction of sp³-hybridized carbons (Fsp3) is 0.600. The molecule has 1 aromatic rings. The summed E-state index contributed by atoms with van der Waals surface area (Å²) >= 11 is 5.95. The lowest BCUT2D eigenvalue weighted by Crippen LogP contribution is -2.31. The Morgan fingerprint density at radius 1 is 1.47 bits per heavy atom. The van der Waals surface area contributed by atoms with Crippen LogP contribution in [-0.4, -0.2) is 33.7 Å². The number of nitrogens with zero attached hydrogens (tertiary/aromatic N) is 3. The van der Waals surface area contributed by atoms with Crippen LogP contribution in [0, 0.1) is 0 Å². The van der Waals surface area contributed by atoms with Gasteiger partial charge in [0.15, 0.2) is 5.69 Å². The second-order valence-electron chi connectivity index (χ2n) is 3.16. The van der Waals surface area contributed by atoms with Crippen molar-refractivity contribution >= 4 is 17.5 Å². The van der Waals surface area contributed by atoms with Crippen LogP contribution >= 0.6 is 11.6 Å². The van der Waals surface area contributed by atoms with Crippen molar-refractivity contribution in [2.45, 2.75) is 27.3 Å². The lowest BCUT2D eigenvalue weighted by molar-refractivity contribution is 0.0766. The molecule has 0 saturated carbocycles. The number of hydrogen-bond donors (Lipinski definition) is 0. The SMILES string of the molecule is CCN(CC)C(=O)c1nn(CC)cc1Cl. The molecule has 0 spiro atoms. The Bertz CT molecular complexity index is 344. The van der Waals surface area contributed by atoms with Crippen molar-refractivity contribution in [3.8, 4) is 0 Å². The van der Waals surface area contributed by atoms with E-state index in [1.807, 2.05) is 20.8 Å². The number of aryl methyl sites for hydroxylation is 1. The fourth-order valence-corrected chi connectivity index (χ4v) is 1.60. The maximum Gasteiger partial charge on any atom is 0.275 e. The van der Waals surface area contributed by atoms with E-state index in [9.17, 15) is 4.79 Å². The van der Waals surface area contributed by atoms with E-state index in [0.29, 0.717) is 30.4 Å². The first-order chi connectivity index (χ1) is 7.13. The van der Waals surface area contributed by atoms with Gasteiger partial charge in [-0.25, -0.2) is 0 Å². The summed E-state index contributed by atoms with van der Waals surface area (Å²) < 4.78 is 1.67. The van der Waals surface area contributed by atoms with Gasteiger partial charge in [-0.3, -0.25) is 9.48 Å². The lowest BCUT2D eigenvalue weighted by atomic mass is 10.3. The molecule has 0 aromatic carbocycles. The van der Waals surface area contributed by atoms with Gasteiger partial charge in [0.05, 0.1) is 5.02 Å². The molecule has 1 heterocycles. The van der Waals surface area contributed by atoms with Crippen molar-refractivity contribution in [2.24, 2.45) is 0 Å². The number of aromatic nitrogens is 2. The van der Waals surface area contributed by atoms with E-state index in [-0.39, 0.29) is 5.91 Å². The Kier molecular flexibility index (Phi) is 4.15. The van der Waals surface area contributed by atoms with Crippen LogP contribution in [0.2, 0.25) is 5.02 Å². The van der Waals surface area contributed by atoms with Crippen LogP contribution in [0.5, 0.6) is 0 Å². The molecule has 0 radical (unpaired) electrons. The van der Waals surface area contributed by atoms with Crippen LogP contribution in [0.25, 0.3) is 0 Å². The summed E-state index contributed by atoms with van der Waals surface area (Å²) in [4.78, 5) is 13.6. The average Bonchev–Trinajstić information content (AvgIpc) is 2.61. The third-order valence-corrected chi connectivity index (χ3v) is 2.57. The Morgan fingerprint density at radius 2 is 2.07 bits per heavy atom. The first kappa shape index (κ1) is 12.0. The Labute approximate surface area is 94.8 Å². The molecule has 0 N–H and O–H groups in total. The Balaban J connectivity index is 2.94. The van der Waals surface area contributed by atoms with Gasteiger partial charge in [0.25, 0.3) is 5.91 Å². The summed E-state index contributed by atoms with van der Waals surface area (Å²) in [7, 11) is 0. The first-order valence-electron chi connectivity index (χ1n) is 5.16. The molecule has 0 aliphatic heterocycles. The number of rotatable bonds is 4. The number of carbonyl (C=O) groups excluding carboxylic acids is 1. The van der Waals surface area contributed by atoms with E-state index >= 15 is 0 Å². The van der Waals surface area contributed by atoms with E-state index in [0.717, 1.165) is 0 Å². The maximum atomic E-state index is 11.9. The van der Waals surface area contributed by atoms with Gasteiger partial charge in [-0.2, -0.15) is 5.10 Å². The van der Waals surface area contributed by atoms with E-state index < -0.39 is 0 Å². The zero-order valence-electron chi connectivity index (χ0n) is 9.33. The van der Waals surface area contributed by atoms with E-state index in [2.05, 4.69) is 5.10 Å². The normalized spacial score (nSPS) is 10.4. The summed E-state index contributed by atoms with van der Waals surface area (Å²) in [5.74, 6) is -0.0998. The molecule has 0 saturated heterocycles. The highest BCUT2D eigenvalue weighted by Gasteiger charge is 2.19. The van der Waals surface area contributed by atoms with Gasteiger partial charge in [0.2, 0.25) is 0 Å². The number of hydrogen-bond acceptors (Lipinski definition) is 2. The van der Waals surface area contributed by atoms with Gasteiger partial charge in [-0.05, 0) is 20.8 Å². The molecular formula is C10H16ClN3O. The van der Waals surface area contributed by atoms with Crippen molar-refractivity contribution in [3.05, 3.63) is 16.9 Å². The molecule has 15 heavy (non-hydrogen) atoms. The second-order valence-corrected chi connectivity index (χ2v) is 3.57. The molecule has 0 atom stereocenters. The molecule has 84 valence electrons. The van der Waals surface area contributed by atoms with Crippen LogP contribution in [0.1, 0.15) is 31.3 Å². The smallest absolute Gasteiger partial charge is 0.275 e. The van der Waals surface area contributed by atoms with Crippen molar-refractivity contribution in [1.29, 1.82) is 0 Å². The Hall–Kier alpha value is -1.03. The Morgan fingerprint density at radius 3 is 2.47 bits per heavy atom. The summed E-state index contributed by atoms with van der Waals surface area (Å²) in [5.41, 5.74) is 0.349. The standard InChI is InChI=1S/C10H16ClN3O/c1-4-13(5-2)10(15)9-8(11)7-14(6-3)12-9/h7H,4-6H2,1-3H3. The quantitative estimate of drug-likeness (QED) is 0.793. The molecule has 0 unspecified atom stereocenters. The average molecular weight is 230 g/mol. The minimum atomic E-state index is -0.0998. The number of halogens is 1. The van der Waals surface area contributed by atoms with Crippen LogP contribution in [0.4, 0.5) is 0 Å². The van der Waals surface area contributed by atoms with Crippen molar-refractivity contribution in [2.75, 3.05) is 13.1 Å². The van der Waals surface area contributed by atoms with Crippen LogP contribution in [0.15, 0.2) is 6.20 Å². The van der Waals surface area contributed by atoms with Gasteiger partial charge < -0.3 is 4.90 Å². The molecule has 1 amide bonds. The maximum absolute atomic E-state index is 11.9. The van der Waals surface area contributed by atoms with Gasteiger partial charge in [0, 0.05) is 25.8 Å². The number of amides is 1. The third-order valence-electron chi connectivity index (χ3n) is 2.29. The van der Waals surface area contributed by atoms with Crippen LogP contribution in [-0.2, 0) is 6.54 Å². The lowest BCUT2D eigenvalue weighted by Gasteiger charge is -2.17. The molecule has 1 rings (SSSR count). The minimum Gasteiger partial charge on any atom is -0.338 e. The highest BCUT2D eigenvalue weighted by molar-refractivity contribution is 6.33.